The van der Waals surface area contributed by atoms with E-state index in [4.69, 9.17) is 13.7 Å². The Hall–Kier alpha value is -3.88. The molecular formula is C19H17N3O6. The molecule has 3 aromatic rings. The number of anilines is 2. The number of esters is 1. The molecule has 2 aromatic heterocycles. The fourth-order valence-electron chi connectivity index (χ4n) is 2.43. The summed E-state index contributed by atoms with van der Waals surface area (Å²) in [5, 5.41) is 8.97. The number of rotatable bonds is 6. The van der Waals surface area contributed by atoms with Crippen LogP contribution in [0.25, 0.3) is 11.5 Å². The van der Waals surface area contributed by atoms with Gasteiger partial charge in [0.05, 0.1) is 11.8 Å². The van der Waals surface area contributed by atoms with Gasteiger partial charge in [-0.15, -0.1) is 0 Å². The number of benzene rings is 1. The van der Waals surface area contributed by atoms with Gasteiger partial charge in [0.25, 0.3) is 0 Å². The molecule has 9 heteroatoms. The third-order valence-corrected chi connectivity index (χ3v) is 3.48. The second-order valence-electron chi connectivity index (χ2n) is 5.90. The van der Waals surface area contributed by atoms with Gasteiger partial charge in [-0.25, -0.2) is 4.79 Å². The van der Waals surface area contributed by atoms with Crippen LogP contribution in [0.4, 0.5) is 11.4 Å². The van der Waals surface area contributed by atoms with Gasteiger partial charge in [-0.1, -0.05) is 5.16 Å². The first-order valence-electron chi connectivity index (χ1n) is 8.27. The maximum atomic E-state index is 12.4. The Labute approximate surface area is 159 Å². The lowest BCUT2D eigenvalue weighted by Gasteiger charge is -2.10. The maximum Gasteiger partial charge on any atom is 0.338 e. The summed E-state index contributed by atoms with van der Waals surface area (Å²) in [6.07, 6.45) is 1.51. The molecule has 3 rings (SSSR count). The largest absolute Gasteiger partial charge is 0.461 e. The first-order valence-corrected chi connectivity index (χ1v) is 8.27. The minimum Gasteiger partial charge on any atom is -0.461 e. The maximum absolute atomic E-state index is 12.4. The second-order valence-corrected chi connectivity index (χ2v) is 5.90. The highest BCUT2D eigenvalue weighted by molar-refractivity contribution is 5.97. The number of amides is 2. The number of aromatic nitrogens is 1. The molecule has 0 fully saturated rings. The monoisotopic (exact) mass is 383 g/mol. The van der Waals surface area contributed by atoms with Crippen molar-refractivity contribution < 1.29 is 28.1 Å². The van der Waals surface area contributed by atoms with E-state index in [1.807, 2.05) is 0 Å². The molecule has 0 atom stereocenters. The van der Waals surface area contributed by atoms with Crippen LogP contribution in [0.2, 0.25) is 0 Å². The van der Waals surface area contributed by atoms with Crippen molar-refractivity contribution in [1.29, 1.82) is 0 Å². The third kappa shape index (κ3) is 4.85. The minimum atomic E-state index is -0.652. The van der Waals surface area contributed by atoms with Crippen LogP contribution < -0.4 is 10.6 Å². The van der Waals surface area contributed by atoms with Crippen LogP contribution in [0.1, 0.15) is 29.9 Å². The summed E-state index contributed by atoms with van der Waals surface area (Å²) in [6, 6.07) is 9.47. The van der Waals surface area contributed by atoms with Crippen LogP contribution in [0.15, 0.2) is 51.6 Å². The van der Waals surface area contributed by atoms with Crippen molar-refractivity contribution in [2.24, 2.45) is 0 Å². The van der Waals surface area contributed by atoms with E-state index in [1.54, 1.807) is 18.2 Å². The first-order chi connectivity index (χ1) is 13.4. The molecular weight excluding hydrogens is 366 g/mol. The smallest absolute Gasteiger partial charge is 0.338 e. The van der Waals surface area contributed by atoms with E-state index >= 15 is 0 Å². The van der Waals surface area contributed by atoms with Gasteiger partial charge in [-0.05, 0) is 30.3 Å². The zero-order valence-corrected chi connectivity index (χ0v) is 15.1. The van der Waals surface area contributed by atoms with Gasteiger partial charge in [0.15, 0.2) is 5.76 Å². The van der Waals surface area contributed by atoms with E-state index in [0.29, 0.717) is 28.6 Å². The van der Waals surface area contributed by atoms with Crippen LogP contribution in [0.3, 0.4) is 0 Å². The molecule has 0 saturated carbocycles. The normalized spacial score (nSPS) is 10.4. The van der Waals surface area contributed by atoms with E-state index in [9.17, 15) is 14.4 Å². The standard InChI is InChI=1S/C19H17N3O6/c1-11(23)20-14-6-13(7-15(8-14)21-12(2)24)19(25)27-10-16-9-18(28-22-16)17-4-3-5-26-17/h3-9H,10H2,1-2H3,(H,20,23)(H,21,24). The van der Waals surface area contributed by atoms with Crippen molar-refractivity contribution >= 4 is 29.2 Å². The number of carbonyl (C=O) groups is 3. The molecule has 0 unspecified atom stereocenters. The summed E-state index contributed by atoms with van der Waals surface area (Å²) >= 11 is 0. The van der Waals surface area contributed by atoms with Crippen LogP contribution in [0, 0.1) is 0 Å². The predicted octanol–water partition coefficient (Wildman–Crippen LogP) is 3.21. The lowest BCUT2D eigenvalue weighted by Crippen LogP contribution is -2.12. The van der Waals surface area contributed by atoms with Crippen molar-refractivity contribution in [1.82, 2.24) is 5.16 Å². The second kappa shape index (κ2) is 8.21. The number of nitrogens with one attached hydrogen (secondary N) is 2. The highest BCUT2D eigenvalue weighted by atomic mass is 16.5. The van der Waals surface area contributed by atoms with Crippen molar-refractivity contribution in [2.45, 2.75) is 20.5 Å². The zero-order valence-electron chi connectivity index (χ0n) is 15.1. The Kier molecular flexibility index (Phi) is 5.54. The molecule has 0 bridgehead atoms. The zero-order chi connectivity index (χ0) is 20.1. The van der Waals surface area contributed by atoms with Gasteiger partial charge in [0, 0.05) is 31.3 Å². The quantitative estimate of drug-likeness (QED) is 0.626. The van der Waals surface area contributed by atoms with Gasteiger partial charge in [-0.2, -0.15) is 0 Å². The first kappa shape index (κ1) is 18.9. The number of carbonyl (C=O) groups excluding carboxylic acids is 3. The molecule has 1 aromatic carbocycles. The van der Waals surface area contributed by atoms with Gasteiger partial charge in [-0.3, -0.25) is 9.59 Å². The highest BCUT2D eigenvalue weighted by Gasteiger charge is 2.14. The molecule has 0 aliphatic heterocycles. The van der Waals surface area contributed by atoms with Gasteiger partial charge >= 0.3 is 5.97 Å². The molecule has 0 radical (unpaired) electrons. The van der Waals surface area contributed by atoms with Crippen molar-refractivity contribution in [2.75, 3.05) is 10.6 Å². The Balaban J connectivity index is 1.72. The molecule has 2 heterocycles. The number of nitrogens with zero attached hydrogens (tertiary/aromatic N) is 1. The Morgan fingerprint density at radius 2 is 1.68 bits per heavy atom. The fraction of sp³-hybridized carbons (Fsp3) is 0.158. The minimum absolute atomic E-state index is 0.122. The SMILES string of the molecule is CC(=O)Nc1cc(NC(C)=O)cc(C(=O)OCc2cc(-c3ccco3)on2)c1. The van der Waals surface area contributed by atoms with Gasteiger partial charge < -0.3 is 24.3 Å². The van der Waals surface area contributed by atoms with Crippen LogP contribution in [-0.2, 0) is 20.9 Å². The third-order valence-electron chi connectivity index (χ3n) is 3.48. The number of ether oxygens (including phenoxy) is 1. The molecule has 0 aliphatic rings. The molecule has 144 valence electrons. The van der Waals surface area contributed by atoms with Gasteiger partial charge in [0.1, 0.15) is 12.3 Å². The van der Waals surface area contributed by atoms with Crippen LogP contribution in [-0.4, -0.2) is 22.9 Å². The Morgan fingerprint density at radius 1 is 1.00 bits per heavy atom. The summed E-state index contributed by atoms with van der Waals surface area (Å²) in [4.78, 5) is 35.0. The lowest BCUT2D eigenvalue weighted by molar-refractivity contribution is -0.115. The molecule has 0 saturated heterocycles. The molecule has 0 aliphatic carbocycles. The average Bonchev–Trinajstić information content (AvgIpc) is 3.29. The van der Waals surface area contributed by atoms with E-state index < -0.39 is 5.97 Å². The van der Waals surface area contributed by atoms with Crippen molar-refractivity contribution in [3.63, 3.8) is 0 Å². The molecule has 2 N–H and O–H groups in total. The summed E-state index contributed by atoms with van der Waals surface area (Å²) in [5.74, 6) is -0.356. The van der Waals surface area contributed by atoms with Crippen molar-refractivity contribution in [3.05, 3.63) is 53.9 Å². The number of hydrogen-bond acceptors (Lipinski definition) is 7. The van der Waals surface area contributed by atoms with Crippen molar-refractivity contribution in [3.8, 4) is 11.5 Å². The number of hydrogen-bond donors (Lipinski definition) is 2. The molecule has 2 amide bonds. The highest BCUT2D eigenvalue weighted by Crippen LogP contribution is 2.22. The van der Waals surface area contributed by atoms with Gasteiger partial charge in [0.2, 0.25) is 17.6 Å². The fourth-order valence-corrected chi connectivity index (χ4v) is 2.43. The van der Waals surface area contributed by atoms with E-state index in [1.165, 1.54) is 38.3 Å². The van der Waals surface area contributed by atoms with Crippen LogP contribution >= 0.6 is 0 Å². The summed E-state index contributed by atoms with van der Waals surface area (Å²) in [7, 11) is 0. The predicted molar refractivity (Wildman–Crippen MR) is 98.4 cm³/mol. The molecule has 0 spiro atoms. The van der Waals surface area contributed by atoms with E-state index in [2.05, 4.69) is 15.8 Å². The topological polar surface area (TPSA) is 124 Å². The lowest BCUT2D eigenvalue weighted by atomic mass is 10.1. The summed E-state index contributed by atoms with van der Waals surface area (Å²) in [6.45, 7) is 2.55. The average molecular weight is 383 g/mol. The molecule has 9 nitrogen and oxygen atoms in total. The Morgan fingerprint density at radius 3 is 2.25 bits per heavy atom. The van der Waals surface area contributed by atoms with E-state index in [-0.39, 0.29) is 24.0 Å². The van der Waals surface area contributed by atoms with Crippen LogP contribution in [0.5, 0.6) is 0 Å². The Bertz CT molecular complexity index is 972. The number of furan rings is 1. The summed E-state index contributed by atoms with van der Waals surface area (Å²) in [5.41, 5.74) is 1.27. The molecule has 28 heavy (non-hydrogen) atoms. The van der Waals surface area contributed by atoms with E-state index in [0.717, 1.165) is 0 Å². The summed E-state index contributed by atoms with van der Waals surface area (Å²) < 4.78 is 15.6.